The van der Waals surface area contributed by atoms with Crippen LogP contribution in [0.2, 0.25) is 45.3 Å². The highest BCUT2D eigenvalue weighted by atomic mass is 28.3. The normalized spacial score (nSPS) is 26.5. The first kappa shape index (κ1) is 28.0. The molecule has 0 bridgehead atoms. The number of ether oxygens (including phenoxy) is 4. The van der Waals surface area contributed by atoms with Gasteiger partial charge in [0.25, 0.3) is 0 Å². The van der Waals surface area contributed by atoms with Crippen LogP contribution < -0.4 is 5.38 Å². The molecule has 0 aromatic carbocycles. The van der Waals surface area contributed by atoms with Crippen LogP contribution in [-0.4, -0.2) is 66.5 Å². The minimum Gasteiger partial charge on any atom is -0.474 e. The first-order chi connectivity index (χ1) is 15.3. The van der Waals surface area contributed by atoms with Gasteiger partial charge in [-0.15, -0.1) is 0 Å². The molecule has 1 aromatic heterocycles. The number of carbonyl (C=O) groups excluding carboxylic acids is 1. The van der Waals surface area contributed by atoms with Crippen LogP contribution in [0.25, 0.3) is 0 Å². The molecule has 1 aliphatic carbocycles. The van der Waals surface area contributed by atoms with Gasteiger partial charge in [-0.2, -0.15) is 0 Å². The van der Waals surface area contributed by atoms with Crippen LogP contribution in [0.15, 0.2) is 28.9 Å². The smallest absolute Gasteiger partial charge is 0.312 e. The number of esters is 1. The summed E-state index contributed by atoms with van der Waals surface area (Å²) >= 11 is 0. The van der Waals surface area contributed by atoms with Crippen molar-refractivity contribution in [1.82, 2.24) is 0 Å². The van der Waals surface area contributed by atoms with Gasteiger partial charge in [0.15, 0.2) is 0 Å². The van der Waals surface area contributed by atoms with Gasteiger partial charge in [-0.1, -0.05) is 45.9 Å². The summed E-state index contributed by atoms with van der Waals surface area (Å²) in [5.74, 6) is -1.40. The fourth-order valence-corrected chi connectivity index (χ4v) is 6.56. The molecule has 0 aliphatic heterocycles. The standard InChI is InChI=1S/C24H42O7Si2/c1-10-29-22(25)19-15-17(2)20(27-3)21(31-16-28-13-14-32(4,5)6)24(19,26)18-11-12-30-23(18)33(7,8)9/h11-12,19-21,26H,2,10,13-16H2,1,3-9H3/t19-,20+,21+,24+/m0/s1. The van der Waals surface area contributed by atoms with Gasteiger partial charge in [0.2, 0.25) is 0 Å². The number of furan rings is 1. The summed E-state index contributed by atoms with van der Waals surface area (Å²) in [7, 11) is -1.71. The number of aliphatic hydroxyl groups is 1. The molecule has 0 radical (unpaired) electrons. The Labute approximate surface area is 200 Å². The first-order valence-electron chi connectivity index (χ1n) is 11.6. The zero-order valence-corrected chi connectivity index (χ0v) is 23.5. The van der Waals surface area contributed by atoms with Crippen LogP contribution in [0.1, 0.15) is 18.9 Å². The summed E-state index contributed by atoms with van der Waals surface area (Å²) in [6.45, 7) is 19.9. The highest BCUT2D eigenvalue weighted by Crippen LogP contribution is 2.46. The molecule has 1 fully saturated rings. The van der Waals surface area contributed by atoms with E-state index in [1.54, 1.807) is 26.4 Å². The predicted molar refractivity (Wildman–Crippen MR) is 134 cm³/mol. The number of methoxy groups -OCH3 is 1. The number of hydrogen-bond acceptors (Lipinski definition) is 7. The van der Waals surface area contributed by atoms with Gasteiger partial charge in [-0.05, 0) is 31.0 Å². The van der Waals surface area contributed by atoms with E-state index in [1.165, 1.54) is 0 Å². The summed E-state index contributed by atoms with van der Waals surface area (Å²) < 4.78 is 28.9. The van der Waals surface area contributed by atoms with E-state index < -0.39 is 45.8 Å². The fraction of sp³-hybridized carbons (Fsp3) is 0.708. The molecule has 0 saturated heterocycles. The Kier molecular flexibility index (Phi) is 9.34. The van der Waals surface area contributed by atoms with E-state index in [9.17, 15) is 9.90 Å². The first-order valence-corrected chi connectivity index (χ1v) is 18.8. The van der Waals surface area contributed by atoms with Gasteiger partial charge < -0.3 is 28.5 Å². The van der Waals surface area contributed by atoms with Crippen molar-refractivity contribution in [2.45, 2.75) is 76.5 Å². The molecule has 1 heterocycles. The van der Waals surface area contributed by atoms with E-state index in [4.69, 9.17) is 23.4 Å². The van der Waals surface area contributed by atoms with Crippen LogP contribution in [0.5, 0.6) is 0 Å². The predicted octanol–water partition coefficient (Wildman–Crippen LogP) is 3.86. The molecule has 0 spiro atoms. The molecule has 9 heteroatoms. The largest absolute Gasteiger partial charge is 0.474 e. The van der Waals surface area contributed by atoms with Crippen LogP contribution in [0.3, 0.4) is 0 Å². The Hall–Kier alpha value is -1.24. The minimum atomic E-state index is -2.01. The number of rotatable bonds is 11. The molecular weight excluding hydrogens is 456 g/mol. The molecule has 188 valence electrons. The molecule has 1 aliphatic rings. The van der Waals surface area contributed by atoms with Crippen LogP contribution in [0.4, 0.5) is 0 Å². The third-order valence-electron chi connectivity index (χ3n) is 6.04. The SMILES string of the molecule is C=C1C[C@@H](C(=O)OCC)[C@](O)(c2ccoc2[Si](C)(C)C)[C@H](OCOCC[Si](C)(C)C)[C@@H]1OC. The third kappa shape index (κ3) is 6.46. The summed E-state index contributed by atoms with van der Waals surface area (Å²) in [5, 5.41) is 13.1. The Morgan fingerprint density at radius 1 is 1.27 bits per heavy atom. The molecule has 1 saturated carbocycles. The van der Waals surface area contributed by atoms with Gasteiger partial charge in [-0.25, -0.2) is 0 Å². The van der Waals surface area contributed by atoms with Crippen molar-refractivity contribution in [2.24, 2.45) is 5.92 Å². The maximum Gasteiger partial charge on any atom is 0.312 e. The van der Waals surface area contributed by atoms with Gasteiger partial charge in [0.05, 0.1) is 24.2 Å². The summed E-state index contributed by atoms with van der Waals surface area (Å²) in [5.41, 5.74) is -0.495. The highest BCUT2D eigenvalue weighted by Gasteiger charge is 2.59. The molecule has 0 amide bonds. The molecule has 33 heavy (non-hydrogen) atoms. The Morgan fingerprint density at radius 3 is 2.48 bits per heavy atom. The van der Waals surface area contributed by atoms with E-state index in [2.05, 4.69) is 45.9 Å². The quantitative estimate of drug-likeness (QED) is 0.163. The van der Waals surface area contributed by atoms with Gasteiger partial charge in [0.1, 0.15) is 32.7 Å². The van der Waals surface area contributed by atoms with Crippen LogP contribution in [-0.2, 0) is 29.3 Å². The summed E-state index contributed by atoms with van der Waals surface area (Å²) in [4.78, 5) is 13.1. The lowest BCUT2D eigenvalue weighted by molar-refractivity contribution is -0.230. The maximum atomic E-state index is 13.1. The lowest BCUT2D eigenvalue weighted by Crippen LogP contribution is -2.62. The van der Waals surface area contributed by atoms with Crippen molar-refractivity contribution in [1.29, 1.82) is 0 Å². The summed E-state index contributed by atoms with van der Waals surface area (Å²) in [6, 6.07) is 2.74. The lowest BCUT2D eigenvalue weighted by Gasteiger charge is -2.48. The van der Waals surface area contributed by atoms with E-state index in [0.717, 1.165) is 11.4 Å². The molecule has 4 atom stereocenters. The molecular formula is C24H42O7Si2. The topological polar surface area (TPSA) is 87.4 Å². The lowest BCUT2D eigenvalue weighted by atomic mass is 9.67. The van der Waals surface area contributed by atoms with Crippen molar-refractivity contribution >= 4 is 27.5 Å². The molecule has 1 N–H and O–H groups in total. The van der Waals surface area contributed by atoms with E-state index >= 15 is 0 Å². The van der Waals surface area contributed by atoms with Crippen molar-refractivity contribution in [3.63, 3.8) is 0 Å². The Bertz CT molecular complexity index is 808. The van der Waals surface area contributed by atoms with E-state index in [0.29, 0.717) is 17.7 Å². The van der Waals surface area contributed by atoms with Crippen LogP contribution >= 0.6 is 0 Å². The van der Waals surface area contributed by atoms with Crippen molar-refractivity contribution in [3.05, 3.63) is 30.0 Å². The average Bonchev–Trinajstić information content (AvgIpc) is 3.20. The second-order valence-corrected chi connectivity index (χ2v) is 21.6. The fourth-order valence-electron chi connectivity index (χ4n) is 4.29. The Balaban J connectivity index is 2.48. The molecule has 2 rings (SSSR count). The second-order valence-electron chi connectivity index (χ2n) is 11.0. The number of hydrogen-bond donors (Lipinski definition) is 1. The summed E-state index contributed by atoms with van der Waals surface area (Å²) in [6.07, 6.45) is 0.250. The average molecular weight is 499 g/mol. The number of carbonyl (C=O) groups is 1. The molecule has 1 aromatic rings. The zero-order valence-electron chi connectivity index (χ0n) is 21.5. The van der Waals surface area contributed by atoms with E-state index in [-0.39, 0.29) is 19.8 Å². The Morgan fingerprint density at radius 2 is 1.94 bits per heavy atom. The van der Waals surface area contributed by atoms with E-state index in [1.807, 2.05) is 0 Å². The van der Waals surface area contributed by atoms with Crippen LogP contribution in [0, 0.1) is 5.92 Å². The second kappa shape index (κ2) is 11.0. The van der Waals surface area contributed by atoms with Gasteiger partial charge in [0, 0.05) is 27.4 Å². The molecule has 7 nitrogen and oxygen atoms in total. The highest BCUT2D eigenvalue weighted by molar-refractivity contribution is 6.88. The maximum absolute atomic E-state index is 13.1. The monoisotopic (exact) mass is 498 g/mol. The van der Waals surface area contributed by atoms with Gasteiger partial charge in [-0.3, -0.25) is 4.79 Å². The van der Waals surface area contributed by atoms with Crippen molar-refractivity contribution < 1.29 is 33.3 Å². The minimum absolute atomic E-state index is 0.0275. The third-order valence-corrected chi connectivity index (χ3v) is 9.49. The van der Waals surface area contributed by atoms with Crippen molar-refractivity contribution in [3.8, 4) is 0 Å². The molecule has 0 unspecified atom stereocenters. The van der Waals surface area contributed by atoms with Crippen molar-refractivity contribution in [2.75, 3.05) is 27.1 Å². The van der Waals surface area contributed by atoms with Gasteiger partial charge >= 0.3 is 5.97 Å². The zero-order chi connectivity index (χ0) is 25.0.